The lowest BCUT2D eigenvalue weighted by Crippen LogP contribution is -2.17. The molecule has 0 radical (unpaired) electrons. The number of hydrazone groups is 1. The van der Waals surface area contributed by atoms with Crippen LogP contribution >= 0.6 is 22.9 Å². The molecule has 1 aromatic heterocycles. The number of ether oxygens (including phenoxy) is 1. The number of thiazole rings is 1. The summed E-state index contributed by atoms with van der Waals surface area (Å²) in [5.41, 5.74) is 9.63. The smallest absolute Gasteiger partial charge is 0.283 e. The number of aryl methyl sites for hydroxylation is 1. The van der Waals surface area contributed by atoms with Gasteiger partial charge in [-0.2, -0.15) is 5.10 Å². The second-order valence-electron chi connectivity index (χ2n) is 7.04. The summed E-state index contributed by atoms with van der Waals surface area (Å²) in [5.74, 6) is 0.342. The lowest BCUT2D eigenvalue weighted by atomic mass is 10.1. The molecular weight excluding hydrogens is 420 g/mol. The first-order chi connectivity index (χ1) is 14.5. The molecule has 8 heteroatoms. The zero-order chi connectivity index (χ0) is 21.8. The fourth-order valence-corrected chi connectivity index (χ4v) is 4.01. The first kappa shape index (κ1) is 24.2. The van der Waals surface area contributed by atoms with Crippen LogP contribution in [0, 0.1) is 0 Å². The standard InChI is InChI=1S/C22H31ClN4O2S/c1-3-5-6-7-8-9-10-13-29-19-12-11-16(14-17(19)23)15-25-27-21(28)20-18(4-2)26-22(24)30-20/h11-12,14-15H,3-10,13H2,1-2H3,(H2,24,26)(H,27,28)/b25-15-. The molecule has 2 aromatic rings. The Bertz CT molecular complexity index is 839. The number of hydrogen-bond acceptors (Lipinski definition) is 6. The van der Waals surface area contributed by atoms with Crippen molar-refractivity contribution in [1.82, 2.24) is 10.4 Å². The lowest BCUT2D eigenvalue weighted by molar-refractivity contribution is 0.0958. The number of hydrogen-bond donors (Lipinski definition) is 2. The number of rotatable bonds is 13. The Morgan fingerprint density at radius 3 is 2.67 bits per heavy atom. The maximum Gasteiger partial charge on any atom is 0.283 e. The molecule has 1 aromatic carbocycles. The molecule has 0 unspecified atom stereocenters. The molecule has 0 saturated carbocycles. The quantitative estimate of drug-likeness (QED) is 0.228. The van der Waals surface area contributed by atoms with Crippen molar-refractivity contribution in [1.29, 1.82) is 0 Å². The lowest BCUT2D eigenvalue weighted by Gasteiger charge is -2.08. The number of aromatic nitrogens is 1. The van der Waals surface area contributed by atoms with Crippen LogP contribution in [0.25, 0.3) is 0 Å². The van der Waals surface area contributed by atoms with Crippen LogP contribution in [0.1, 0.15) is 79.7 Å². The maximum atomic E-state index is 12.2. The normalized spacial score (nSPS) is 11.2. The minimum Gasteiger partial charge on any atom is -0.492 e. The predicted octanol–water partition coefficient (Wildman–Crippen LogP) is 5.83. The van der Waals surface area contributed by atoms with Gasteiger partial charge in [-0.3, -0.25) is 4.79 Å². The molecule has 0 fully saturated rings. The highest BCUT2D eigenvalue weighted by Crippen LogP contribution is 2.25. The molecule has 0 aliphatic rings. The first-order valence-electron chi connectivity index (χ1n) is 10.6. The molecule has 3 N–H and O–H groups in total. The van der Waals surface area contributed by atoms with Crippen molar-refractivity contribution < 1.29 is 9.53 Å². The van der Waals surface area contributed by atoms with Crippen molar-refractivity contribution in [3.8, 4) is 5.75 Å². The third kappa shape index (κ3) is 7.95. The Morgan fingerprint density at radius 2 is 1.97 bits per heavy atom. The number of benzene rings is 1. The number of carbonyl (C=O) groups is 1. The van der Waals surface area contributed by atoms with E-state index in [0.717, 1.165) is 23.3 Å². The fourth-order valence-electron chi connectivity index (χ4n) is 2.96. The van der Waals surface area contributed by atoms with Gasteiger partial charge in [-0.1, -0.05) is 75.3 Å². The van der Waals surface area contributed by atoms with E-state index in [1.165, 1.54) is 38.5 Å². The molecule has 30 heavy (non-hydrogen) atoms. The molecular formula is C22H31ClN4O2S. The molecule has 0 spiro atoms. The van der Waals surface area contributed by atoms with Crippen LogP contribution in [0.2, 0.25) is 5.02 Å². The van der Waals surface area contributed by atoms with Gasteiger partial charge in [0, 0.05) is 0 Å². The highest BCUT2D eigenvalue weighted by Gasteiger charge is 2.15. The van der Waals surface area contributed by atoms with Crippen LogP contribution in [0.3, 0.4) is 0 Å². The third-order valence-corrected chi connectivity index (χ3v) is 5.82. The molecule has 2 rings (SSSR count). The Kier molecular flexibility index (Phi) is 10.7. The summed E-state index contributed by atoms with van der Waals surface area (Å²) in [4.78, 5) is 16.9. The molecule has 1 amide bonds. The summed E-state index contributed by atoms with van der Waals surface area (Å²) >= 11 is 7.47. The number of nitrogens with one attached hydrogen (secondary N) is 1. The monoisotopic (exact) mass is 450 g/mol. The van der Waals surface area contributed by atoms with E-state index in [4.69, 9.17) is 22.1 Å². The summed E-state index contributed by atoms with van der Waals surface area (Å²) in [7, 11) is 0. The van der Waals surface area contributed by atoms with Gasteiger partial charge in [-0.05, 0) is 36.6 Å². The summed E-state index contributed by atoms with van der Waals surface area (Å²) < 4.78 is 5.78. The number of nitrogens with zero attached hydrogens (tertiary/aromatic N) is 2. The van der Waals surface area contributed by atoms with Crippen LogP contribution in [0.5, 0.6) is 5.75 Å². The summed E-state index contributed by atoms with van der Waals surface area (Å²) in [6, 6.07) is 5.44. The number of nitrogens with two attached hydrogens (primary N) is 1. The fraction of sp³-hybridized carbons (Fsp3) is 0.500. The van der Waals surface area contributed by atoms with E-state index >= 15 is 0 Å². The van der Waals surface area contributed by atoms with Crippen molar-refractivity contribution in [3.63, 3.8) is 0 Å². The highest BCUT2D eigenvalue weighted by molar-refractivity contribution is 7.17. The molecule has 1 heterocycles. The van der Waals surface area contributed by atoms with Crippen LogP contribution in [-0.4, -0.2) is 23.7 Å². The van der Waals surface area contributed by atoms with E-state index < -0.39 is 0 Å². The number of amides is 1. The SMILES string of the molecule is CCCCCCCCCOc1ccc(/C=N\NC(=O)c2sc(N)nc2CC)cc1Cl. The average Bonchev–Trinajstić information content (AvgIpc) is 3.12. The molecule has 0 bridgehead atoms. The molecule has 6 nitrogen and oxygen atoms in total. The number of unbranched alkanes of at least 4 members (excludes halogenated alkanes) is 6. The summed E-state index contributed by atoms with van der Waals surface area (Å²) in [6.07, 6.45) is 10.9. The van der Waals surface area contributed by atoms with Crippen LogP contribution in [0.15, 0.2) is 23.3 Å². The van der Waals surface area contributed by atoms with Gasteiger partial charge in [-0.15, -0.1) is 0 Å². The van der Waals surface area contributed by atoms with E-state index in [9.17, 15) is 4.79 Å². The molecule has 0 aliphatic heterocycles. The van der Waals surface area contributed by atoms with E-state index in [2.05, 4.69) is 22.4 Å². The second-order valence-corrected chi connectivity index (χ2v) is 8.48. The van der Waals surface area contributed by atoms with E-state index in [-0.39, 0.29) is 5.91 Å². The largest absolute Gasteiger partial charge is 0.492 e. The zero-order valence-electron chi connectivity index (χ0n) is 17.7. The van der Waals surface area contributed by atoms with Crippen molar-refractivity contribution >= 4 is 40.2 Å². The Hall–Kier alpha value is -2.12. The third-order valence-electron chi connectivity index (χ3n) is 4.60. The van der Waals surface area contributed by atoms with Gasteiger partial charge in [0.2, 0.25) is 0 Å². The minimum atomic E-state index is -0.321. The van der Waals surface area contributed by atoms with Gasteiger partial charge in [0.05, 0.1) is 23.5 Å². The van der Waals surface area contributed by atoms with Crippen LogP contribution in [0.4, 0.5) is 5.13 Å². The number of nitrogen functional groups attached to an aromatic ring is 1. The van der Waals surface area contributed by atoms with Gasteiger partial charge in [0.1, 0.15) is 10.6 Å². The Morgan fingerprint density at radius 1 is 1.23 bits per heavy atom. The Labute approximate surface area is 187 Å². The molecule has 0 aliphatic carbocycles. The second kappa shape index (κ2) is 13.2. The summed E-state index contributed by atoms with van der Waals surface area (Å²) in [5, 5.41) is 4.90. The van der Waals surface area contributed by atoms with E-state index in [1.54, 1.807) is 12.3 Å². The van der Waals surface area contributed by atoms with Gasteiger partial charge in [0.25, 0.3) is 5.91 Å². The van der Waals surface area contributed by atoms with Crippen LogP contribution in [-0.2, 0) is 6.42 Å². The number of anilines is 1. The van der Waals surface area contributed by atoms with Crippen molar-refractivity contribution in [2.75, 3.05) is 12.3 Å². The van der Waals surface area contributed by atoms with Crippen molar-refractivity contribution in [3.05, 3.63) is 39.4 Å². The summed E-state index contributed by atoms with van der Waals surface area (Å²) in [6.45, 7) is 4.81. The Balaban J connectivity index is 1.77. The van der Waals surface area contributed by atoms with E-state index in [1.807, 2.05) is 19.1 Å². The maximum absolute atomic E-state index is 12.2. The van der Waals surface area contributed by atoms with Crippen LogP contribution < -0.4 is 15.9 Å². The van der Waals surface area contributed by atoms with E-state index in [0.29, 0.717) is 39.5 Å². The average molecular weight is 451 g/mol. The van der Waals surface area contributed by atoms with Crippen molar-refractivity contribution in [2.24, 2.45) is 5.10 Å². The molecule has 164 valence electrons. The first-order valence-corrected chi connectivity index (χ1v) is 11.8. The molecule has 0 atom stereocenters. The molecule has 0 saturated heterocycles. The van der Waals surface area contributed by atoms with Gasteiger partial charge in [-0.25, -0.2) is 10.4 Å². The highest BCUT2D eigenvalue weighted by atomic mass is 35.5. The van der Waals surface area contributed by atoms with Gasteiger partial charge < -0.3 is 10.5 Å². The number of halogens is 1. The zero-order valence-corrected chi connectivity index (χ0v) is 19.3. The topological polar surface area (TPSA) is 89.6 Å². The number of carbonyl (C=O) groups excluding carboxylic acids is 1. The van der Waals surface area contributed by atoms with Crippen molar-refractivity contribution in [2.45, 2.75) is 65.2 Å². The van der Waals surface area contributed by atoms with Gasteiger partial charge in [0.15, 0.2) is 5.13 Å². The van der Waals surface area contributed by atoms with Gasteiger partial charge >= 0.3 is 0 Å². The minimum absolute atomic E-state index is 0.321. The predicted molar refractivity (Wildman–Crippen MR) is 126 cm³/mol.